The fourth-order valence-electron chi connectivity index (χ4n) is 3.51. The molecular formula is C17H20F2N4O2. The molecule has 3 atom stereocenters. The highest BCUT2D eigenvalue weighted by atomic mass is 19.3. The predicted molar refractivity (Wildman–Crippen MR) is 88.5 cm³/mol. The quantitative estimate of drug-likeness (QED) is 0.607. The van der Waals surface area contributed by atoms with Gasteiger partial charge in [0.25, 0.3) is 6.43 Å². The minimum Gasteiger partial charge on any atom is -0.288 e. The van der Waals surface area contributed by atoms with Crippen molar-refractivity contribution in [3.8, 4) is 0 Å². The highest BCUT2D eigenvalue weighted by Crippen LogP contribution is 2.35. The van der Waals surface area contributed by atoms with Gasteiger partial charge in [-0.1, -0.05) is 30.3 Å². The van der Waals surface area contributed by atoms with Crippen molar-refractivity contribution in [3.63, 3.8) is 0 Å². The number of piperidine rings is 1. The molecule has 8 heteroatoms. The zero-order valence-electron chi connectivity index (χ0n) is 13.8. The van der Waals surface area contributed by atoms with E-state index >= 15 is 0 Å². The second-order valence-electron chi connectivity index (χ2n) is 6.34. The molecule has 1 fully saturated rings. The first kappa shape index (κ1) is 17.5. The van der Waals surface area contributed by atoms with Gasteiger partial charge in [0.2, 0.25) is 0 Å². The molecule has 6 nitrogen and oxygen atoms in total. The Morgan fingerprint density at radius 3 is 2.64 bits per heavy atom. The number of halogens is 2. The van der Waals surface area contributed by atoms with Gasteiger partial charge in [0.1, 0.15) is 12.4 Å². The molecule has 2 unspecified atom stereocenters. The van der Waals surface area contributed by atoms with Gasteiger partial charge in [-0.15, -0.1) is 0 Å². The Kier molecular flexibility index (Phi) is 5.08. The Morgan fingerprint density at radius 1 is 1.32 bits per heavy atom. The first-order chi connectivity index (χ1) is 12.0. The predicted octanol–water partition coefficient (Wildman–Crippen LogP) is 3.82. The number of hydrogen-bond donors (Lipinski definition) is 0. The highest BCUT2D eigenvalue weighted by molar-refractivity contribution is 5.21. The van der Waals surface area contributed by atoms with Gasteiger partial charge >= 0.3 is 5.69 Å². The van der Waals surface area contributed by atoms with Crippen molar-refractivity contribution in [2.24, 2.45) is 0 Å². The van der Waals surface area contributed by atoms with E-state index in [1.165, 1.54) is 10.9 Å². The van der Waals surface area contributed by atoms with E-state index in [2.05, 4.69) is 5.10 Å². The molecule has 0 aliphatic carbocycles. The molecule has 2 heterocycles. The topological polar surface area (TPSA) is 64.2 Å². The average Bonchev–Trinajstić information content (AvgIpc) is 3.12. The average molecular weight is 350 g/mol. The molecule has 0 amide bonds. The third-order valence-corrected chi connectivity index (χ3v) is 4.90. The molecule has 134 valence electrons. The number of benzene rings is 1. The van der Waals surface area contributed by atoms with Gasteiger partial charge in [-0.05, 0) is 25.3 Å². The second kappa shape index (κ2) is 7.26. The first-order valence-corrected chi connectivity index (χ1v) is 8.24. The third-order valence-electron chi connectivity index (χ3n) is 4.90. The van der Waals surface area contributed by atoms with Crippen LogP contribution in [0, 0.1) is 10.1 Å². The van der Waals surface area contributed by atoms with Crippen LogP contribution in [0.1, 0.15) is 37.4 Å². The summed E-state index contributed by atoms with van der Waals surface area (Å²) >= 11 is 0. The minimum absolute atomic E-state index is 0.117. The maximum Gasteiger partial charge on any atom is 0.307 e. The Bertz CT molecular complexity index is 722. The Hall–Kier alpha value is -2.35. The van der Waals surface area contributed by atoms with E-state index in [1.807, 2.05) is 42.2 Å². The summed E-state index contributed by atoms with van der Waals surface area (Å²) < 4.78 is 28.8. The van der Waals surface area contributed by atoms with Gasteiger partial charge in [-0.3, -0.25) is 19.7 Å². The molecule has 1 aromatic carbocycles. The number of alkyl halides is 2. The van der Waals surface area contributed by atoms with Crippen LogP contribution in [-0.2, 0) is 0 Å². The van der Waals surface area contributed by atoms with Gasteiger partial charge in [0.05, 0.1) is 17.0 Å². The van der Waals surface area contributed by atoms with E-state index in [1.54, 1.807) is 0 Å². The lowest BCUT2D eigenvalue weighted by atomic mass is 9.94. The summed E-state index contributed by atoms with van der Waals surface area (Å²) in [5, 5.41) is 14.8. The number of likely N-dealkylation sites (tertiary alicyclic amines) is 1. The van der Waals surface area contributed by atoms with Crippen molar-refractivity contribution in [1.82, 2.24) is 14.7 Å². The van der Waals surface area contributed by atoms with Crippen LogP contribution in [0.3, 0.4) is 0 Å². The van der Waals surface area contributed by atoms with E-state index < -0.39 is 17.4 Å². The molecule has 0 radical (unpaired) electrons. The lowest BCUT2D eigenvalue weighted by Crippen LogP contribution is -2.48. The summed E-state index contributed by atoms with van der Waals surface area (Å²) in [6.07, 6.45) is 0.840. The van der Waals surface area contributed by atoms with Gasteiger partial charge in [0, 0.05) is 12.6 Å². The van der Waals surface area contributed by atoms with E-state index in [9.17, 15) is 18.9 Å². The monoisotopic (exact) mass is 350 g/mol. The molecule has 0 bridgehead atoms. The van der Waals surface area contributed by atoms with Crippen LogP contribution in [-0.4, -0.2) is 38.6 Å². The normalized spacial score (nSPS) is 22.9. The smallest absolute Gasteiger partial charge is 0.288 e. The van der Waals surface area contributed by atoms with E-state index in [0.29, 0.717) is 13.0 Å². The van der Waals surface area contributed by atoms with Gasteiger partial charge in [0.15, 0.2) is 0 Å². The summed E-state index contributed by atoms with van der Waals surface area (Å²) in [6.45, 7) is 2.42. The maximum atomic E-state index is 13.7. The van der Waals surface area contributed by atoms with Crippen molar-refractivity contribution in [1.29, 1.82) is 0 Å². The van der Waals surface area contributed by atoms with Crippen molar-refractivity contribution >= 4 is 5.69 Å². The summed E-state index contributed by atoms with van der Waals surface area (Å²) in [4.78, 5) is 12.1. The Balaban J connectivity index is 1.77. The maximum absolute atomic E-state index is 13.7. The first-order valence-electron chi connectivity index (χ1n) is 8.24. The van der Waals surface area contributed by atoms with Crippen molar-refractivity contribution < 1.29 is 13.7 Å². The zero-order valence-corrected chi connectivity index (χ0v) is 13.8. The largest absolute Gasteiger partial charge is 0.307 e. The molecule has 2 aromatic rings. The number of rotatable bonds is 5. The summed E-state index contributed by atoms with van der Waals surface area (Å²) in [6, 6.07) is 8.30. The summed E-state index contributed by atoms with van der Waals surface area (Å²) in [5.74, 6) is 0. The van der Waals surface area contributed by atoms with Gasteiger partial charge in [-0.2, -0.15) is 5.10 Å². The third kappa shape index (κ3) is 3.68. The molecule has 0 N–H and O–H groups in total. The summed E-state index contributed by atoms with van der Waals surface area (Å²) in [5.41, 5.74) is 0.884. The van der Waals surface area contributed by atoms with Crippen LogP contribution >= 0.6 is 0 Å². The lowest BCUT2D eigenvalue weighted by Gasteiger charge is -2.42. The molecule has 1 aliphatic rings. The van der Waals surface area contributed by atoms with E-state index in [-0.39, 0.29) is 24.2 Å². The van der Waals surface area contributed by atoms with Crippen LogP contribution in [0.5, 0.6) is 0 Å². The van der Waals surface area contributed by atoms with E-state index in [0.717, 1.165) is 11.8 Å². The number of nitro groups is 1. The molecule has 3 rings (SSSR count). The van der Waals surface area contributed by atoms with Crippen LogP contribution < -0.4 is 0 Å². The standard InChI is InChI=1S/C17H20F2N4O2/c1-12(13-5-3-2-4-6-13)21-8-7-14(9-16(21)17(18)19)22-11-15(10-20-22)23(24)25/h2-6,10-12,14,16-17H,7-9H2,1H3/t12-,14?,16?/m1/s1. The van der Waals surface area contributed by atoms with Crippen molar-refractivity contribution in [2.45, 2.75) is 44.3 Å². The SMILES string of the molecule is C[C@H](c1ccccc1)N1CCC(n2cc([N+](=O)[O-])cn2)CC1C(F)F. The minimum atomic E-state index is -2.49. The molecule has 1 aliphatic heterocycles. The fraction of sp³-hybridized carbons (Fsp3) is 0.471. The molecule has 1 saturated heterocycles. The van der Waals surface area contributed by atoms with Crippen molar-refractivity contribution in [3.05, 3.63) is 58.4 Å². The molecule has 25 heavy (non-hydrogen) atoms. The zero-order chi connectivity index (χ0) is 18.0. The van der Waals surface area contributed by atoms with Crippen LogP contribution in [0.2, 0.25) is 0 Å². The second-order valence-corrected chi connectivity index (χ2v) is 6.34. The Morgan fingerprint density at radius 2 is 2.04 bits per heavy atom. The molecule has 0 spiro atoms. The van der Waals surface area contributed by atoms with E-state index in [4.69, 9.17) is 0 Å². The van der Waals surface area contributed by atoms with Crippen LogP contribution in [0.4, 0.5) is 14.5 Å². The molecule has 1 aromatic heterocycles. The lowest BCUT2D eigenvalue weighted by molar-refractivity contribution is -0.385. The van der Waals surface area contributed by atoms with Crippen LogP contribution in [0.25, 0.3) is 0 Å². The highest BCUT2D eigenvalue weighted by Gasteiger charge is 2.38. The number of aromatic nitrogens is 2. The Labute approximate surface area is 144 Å². The van der Waals surface area contributed by atoms with Crippen molar-refractivity contribution in [2.75, 3.05) is 6.54 Å². The fourth-order valence-corrected chi connectivity index (χ4v) is 3.51. The molecule has 0 saturated carbocycles. The number of nitrogens with zero attached hydrogens (tertiary/aromatic N) is 4. The number of hydrogen-bond acceptors (Lipinski definition) is 4. The molecular weight excluding hydrogens is 330 g/mol. The van der Waals surface area contributed by atoms with Crippen LogP contribution in [0.15, 0.2) is 42.7 Å². The summed E-state index contributed by atoms with van der Waals surface area (Å²) in [7, 11) is 0. The van der Waals surface area contributed by atoms with Gasteiger partial charge < -0.3 is 0 Å². The van der Waals surface area contributed by atoms with Gasteiger partial charge in [-0.25, -0.2) is 8.78 Å².